The van der Waals surface area contributed by atoms with Crippen LogP contribution in [0.1, 0.15) is 11.6 Å². The third kappa shape index (κ3) is 2.09. The summed E-state index contributed by atoms with van der Waals surface area (Å²) in [6.45, 7) is 0. The van der Waals surface area contributed by atoms with Crippen molar-refractivity contribution in [2.45, 2.75) is 12.2 Å². The summed E-state index contributed by atoms with van der Waals surface area (Å²) in [6.07, 6.45) is -2.50. The normalized spacial score (nSPS) is 14.2. The van der Waals surface area contributed by atoms with Crippen LogP contribution in [-0.2, 0) is 0 Å². The minimum absolute atomic E-state index is 0.373. The number of halogens is 3. The summed E-state index contributed by atoms with van der Waals surface area (Å²) in [5.74, 6) is -0.549. The van der Waals surface area contributed by atoms with Crippen LogP contribution in [0.15, 0.2) is 18.5 Å². The molecule has 3 N–H and O–H groups in total. The van der Waals surface area contributed by atoms with Gasteiger partial charge in [-0.05, 0) is 6.07 Å². The molecule has 0 fully saturated rings. The molecule has 1 aromatic heterocycles. The molecule has 3 nitrogen and oxygen atoms in total. The Balaban J connectivity index is 3.02. The number of nitrogens with zero attached hydrogens (tertiary/aromatic N) is 1. The summed E-state index contributed by atoms with van der Waals surface area (Å²) in [5, 5.41) is 9.00. The molecule has 0 unspecified atom stereocenters. The Bertz CT molecular complexity index is 300. The van der Waals surface area contributed by atoms with Crippen LogP contribution in [0.2, 0.25) is 0 Å². The van der Waals surface area contributed by atoms with Gasteiger partial charge in [0, 0.05) is 11.8 Å². The Labute approximate surface area is 72.0 Å². The van der Waals surface area contributed by atoms with E-state index >= 15 is 0 Å². The monoisotopic (exact) mass is 192 g/mol. The lowest BCUT2D eigenvalue weighted by Crippen LogP contribution is -2.28. The highest BCUT2D eigenvalue weighted by Gasteiger charge is 2.39. The average molecular weight is 192 g/mol. The largest absolute Gasteiger partial charge is 0.506 e. The fourth-order valence-electron chi connectivity index (χ4n) is 0.836. The Kier molecular flexibility index (Phi) is 2.42. The highest BCUT2D eigenvalue weighted by Crippen LogP contribution is 2.33. The Morgan fingerprint density at radius 3 is 2.54 bits per heavy atom. The minimum atomic E-state index is -4.56. The zero-order valence-corrected chi connectivity index (χ0v) is 6.42. The molecule has 0 aliphatic heterocycles. The van der Waals surface area contributed by atoms with E-state index in [1.54, 1.807) is 0 Å². The number of hydrogen-bond donors (Lipinski definition) is 2. The van der Waals surface area contributed by atoms with Gasteiger partial charge in [0.25, 0.3) is 0 Å². The number of aromatic nitrogens is 1. The molecule has 1 rings (SSSR count). The molecule has 0 aliphatic carbocycles. The zero-order valence-electron chi connectivity index (χ0n) is 6.42. The lowest BCUT2D eigenvalue weighted by Gasteiger charge is -2.16. The molecule has 0 aromatic carbocycles. The van der Waals surface area contributed by atoms with Crippen molar-refractivity contribution < 1.29 is 18.3 Å². The van der Waals surface area contributed by atoms with Crippen molar-refractivity contribution in [3.8, 4) is 5.75 Å². The van der Waals surface area contributed by atoms with Crippen molar-refractivity contribution in [1.29, 1.82) is 0 Å². The highest BCUT2D eigenvalue weighted by atomic mass is 19.4. The smallest absolute Gasteiger partial charge is 0.407 e. The summed E-state index contributed by atoms with van der Waals surface area (Å²) >= 11 is 0. The van der Waals surface area contributed by atoms with Gasteiger partial charge in [0.05, 0.1) is 6.20 Å². The van der Waals surface area contributed by atoms with Crippen LogP contribution in [0, 0.1) is 0 Å². The fourth-order valence-corrected chi connectivity index (χ4v) is 0.836. The van der Waals surface area contributed by atoms with Crippen molar-refractivity contribution in [2.75, 3.05) is 0 Å². The molecule has 72 valence electrons. The lowest BCUT2D eigenvalue weighted by molar-refractivity contribution is -0.149. The summed E-state index contributed by atoms with van der Waals surface area (Å²) in [4.78, 5) is 3.44. The fraction of sp³-hybridized carbons (Fsp3) is 0.286. The average Bonchev–Trinajstić information content (AvgIpc) is 2.02. The molecular weight excluding hydrogens is 185 g/mol. The maximum absolute atomic E-state index is 12.1. The van der Waals surface area contributed by atoms with E-state index in [2.05, 4.69) is 4.98 Å². The maximum atomic E-state index is 12.1. The predicted octanol–water partition coefficient (Wildman–Crippen LogP) is 1.35. The molecule has 6 heteroatoms. The second-order valence-electron chi connectivity index (χ2n) is 2.45. The van der Waals surface area contributed by atoms with Crippen molar-refractivity contribution in [3.05, 3.63) is 24.0 Å². The van der Waals surface area contributed by atoms with E-state index in [1.807, 2.05) is 0 Å². The van der Waals surface area contributed by atoms with Crippen molar-refractivity contribution in [1.82, 2.24) is 4.98 Å². The van der Waals surface area contributed by atoms with Crippen LogP contribution in [0.4, 0.5) is 13.2 Å². The molecule has 0 radical (unpaired) electrons. The maximum Gasteiger partial charge on any atom is 0.407 e. The van der Waals surface area contributed by atoms with Gasteiger partial charge in [-0.3, -0.25) is 4.98 Å². The van der Waals surface area contributed by atoms with Crippen LogP contribution >= 0.6 is 0 Å². The number of nitrogens with two attached hydrogens (primary N) is 1. The molecule has 1 aromatic rings. The number of pyridine rings is 1. The number of rotatable bonds is 1. The van der Waals surface area contributed by atoms with Gasteiger partial charge in [-0.1, -0.05) is 0 Å². The highest BCUT2D eigenvalue weighted by molar-refractivity contribution is 5.31. The molecule has 0 spiro atoms. The van der Waals surface area contributed by atoms with E-state index in [-0.39, 0.29) is 5.56 Å². The van der Waals surface area contributed by atoms with Crippen LogP contribution in [-0.4, -0.2) is 16.3 Å². The first-order valence-electron chi connectivity index (χ1n) is 3.38. The number of alkyl halides is 3. The molecule has 13 heavy (non-hydrogen) atoms. The van der Waals surface area contributed by atoms with Crippen molar-refractivity contribution >= 4 is 0 Å². The topological polar surface area (TPSA) is 59.1 Å². The summed E-state index contributed by atoms with van der Waals surface area (Å²) in [7, 11) is 0. The predicted molar refractivity (Wildman–Crippen MR) is 38.9 cm³/mol. The SMILES string of the molecule is N[C@H](c1ccncc1O)C(F)(F)F. The van der Waals surface area contributed by atoms with Crippen LogP contribution in [0.3, 0.4) is 0 Å². The number of hydrogen-bond acceptors (Lipinski definition) is 3. The third-order valence-electron chi connectivity index (χ3n) is 1.52. The van der Waals surface area contributed by atoms with Gasteiger partial charge >= 0.3 is 6.18 Å². The Morgan fingerprint density at radius 1 is 1.46 bits per heavy atom. The number of aromatic hydroxyl groups is 1. The standard InChI is InChI=1S/C7H7F3N2O/c8-7(9,10)6(11)4-1-2-12-3-5(4)13/h1-3,6,13H,11H2/t6-/m1/s1. The molecule has 1 heterocycles. The Morgan fingerprint density at radius 2 is 2.08 bits per heavy atom. The zero-order chi connectivity index (χ0) is 10.1. The molecule has 0 bridgehead atoms. The van der Waals surface area contributed by atoms with E-state index < -0.39 is 18.0 Å². The first-order chi connectivity index (χ1) is 5.93. The van der Waals surface area contributed by atoms with E-state index in [4.69, 9.17) is 10.8 Å². The minimum Gasteiger partial charge on any atom is -0.506 e. The first kappa shape index (κ1) is 9.79. The van der Waals surface area contributed by atoms with Crippen LogP contribution in [0.25, 0.3) is 0 Å². The van der Waals surface area contributed by atoms with E-state index in [9.17, 15) is 13.2 Å². The van der Waals surface area contributed by atoms with Gasteiger partial charge in [-0.2, -0.15) is 13.2 Å². The van der Waals surface area contributed by atoms with Crippen LogP contribution in [0.5, 0.6) is 5.75 Å². The molecule has 1 atom stereocenters. The summed E-state index contributed by atoms with van der Waals surface area (Å²) < 4.78 is 36.2. The van der Waals surface area contributed by atoms with Gasteiger partial charge in [0.15, 0.2) is 0 Å². The second-order valence-corrected chi connectivity index (χ2v) is 2.45. The van der Waals surface area contributed by atoms with E-state index in [1.165, 1.54) is 0 Å². The summed E-state index contributed by atoms with van der Waals surface area (Å²) in [5.41, 5.74) is 4.49. The van der Waals surface area contributed by atoms with Crippen LogP contribution < -0.4 is 5.73 Å². The van der Waals surface area contributed by atoms with Gasteiger partial charge < -0.3 is 10.8 Å². The Hall–Kier alpha value is -1.30. The third-order valence-corrected chi connectivity index (χ3v) is 1.52. The van der Waals surface area contributed by atoms with Crippen molar-refractivity contribution in [3.63, 3.8) is 0 Å². The van der Waals surface area contributed by atoms with Gasteiger partial charge in [-0.25, -0.2) is 0 Å². The van der Waals surface area contributed by atoms with Gasteiger partial charge in [0.1, 0.15) is 11.8 Å². The molecular formula is C7H7F3N2O. The second kappa shape index (κ2) is 3.21. The lowest BCUT2D eigenvalue weighted by atomic mass is 10.1. The van der Waals surface area contributed by atoms with Gasteiger partial charge in [-0.15, -0.1) is 0 Å². The van der Waals surface area contributed by atoms with Crippen molar-refractivity contribution in [2.24, 2.45) is 5.73 Å². The molecule has 0 saturated carbocycles. The molecule has 0 aliphatic rings. The van der Waals surface area contributed by atoms with Gasteiger partial charge in [0.2, 0.25) is 0 Å². The summed E-state index contributed by atoms with van der Waals surface area (Å²) in [6, 6.07) is -1.14. The molecule has 0 saturated heterocycles. The molecule has 0 amide bonds. The van der Waals surface area contributed by atoms with E-state index in [0.29, 0.717) is 0 Å². The first-order valence-corrected chi connectivity index (χ1v) is 3.38. The quantitative estimate of drug-likeness (QED) is 0.706. The van der Waals surface area contributed by atoms with E-state index in [0.717, 1.165) is 18.5 Å².